The van der Waals surface area contributed by atoms with Gasteiger partial charge in [-0.2, -0.15) is 0 Å². The molecule has 0 aliphatic carbocycles. The molecule has 0 atom stereocenters. The number of benzene rings is 1. The summed E-state index contributed by atoms with van der Waals surface area (Å²) in [5.74, 6) is -0.578. The van der Waals surface area contributed by atoms with Crippen molar-refractivity contribution in [3.05, 3.63) is 34.2 Å². The first-order valence-electron chi connectivity index (χ1n) is 3.79. The Balaban J connectivity index is 2.94. The zero-order valence-corrected chi connectivity index (χ0v) is 8.40. The second-order valence-electron chi connectivity index (χ2n) is 2.79. The molecule has 14 heavy (non-hydrogen) atoms. The zero-order valence-electron chi connectivity index (χ0n) is 6.89. The van der Waals surface area contributed by atoms with Gasteiger partial charge >= 0.3 is 0 Å². The molecule has 2 N–H and O–H groups in total. The Morgan fingerprint density at radius 3 is 2.71 bits per heavy atom. The smallest absolute Gasteiger partial charge is 0.168 e. The molecule has 0 spiro atoms. The molecule has 2 aromatic rings. The van der Waals surface area contributed by atoms with E-state index in [-0.39, 0.29) is 10.5 Å². The van der Waals surface area contributed by atoms with Crippen LogP contribution in [0.5, 0.6) is 0 Å². The molecule has 0 aliphatic rings. The number of pyridine rings is 1. The van der Waals surface area contributed by atoms with Crippen LogP contribution in [0, 0.1) is 5.82 Å². The fourth-order valence-electron chi connectivity index (χ4n) is 1.19. The summed E-state index contributed by atoms with van der Waals surface area (Å²) in [5, 5.41) is 0.782. The van der Waals surface area contributed by atoms with Gasteiger partial charge in [0.25, 0.3) is 0 Å². The van der Waals surface area contributed by atoms with Gasteiger partial charge in [-0.05, 0) is 12.1 Å². The molecule has 1 heterocycles. The van der Waals surface area contributed by atoms with Gasteiger partial charge in [0.2, 0.25) is 0 Å². The van der Waals surface area contributed by atoms with E-state index in [1.54, 1.807) is 6.07 Å². The van der Waals surface area contributed by atoms with Crippen LogP contribution in [0.15, 0.2) is 18.3 Å². The van der Waals surface area contributed by atoms with Crippen molar-refractivity contribution in [3.8, 4) is 0 Å². The molecular formula is C9H5Cl2FN2. The van der Waals surface area contributed by atoms with Crippen molar-refractivity contribution in [2.75, 3.05) is 5.73 Å². The quantitative estimate of drug-likeness (QED) is 0.755. The lowest BCUT2D eigenvalue weighted by Crippen LogP contribution is -1.92. The lowest BCUT2D eigenvalue weighted by atomic mass is 10.2. The van der Waals surface area contributed by atoms with Crippen molar-refractivity contribution >= 4 is 39.8 Å². The minimum absolute atomic E-state index is 0.0193. The van der Waals surface area contributed by atoms with Crippen molar-refractivity contribution in [2.24, 2.45) is 0 Å². The van der Waals surface area contributed by atoms with E-state index in [2.05, 4.69) is 4.98 Å². The number of nitrogens with zero attached hydrogens (tertiary/aromatic N) is 1. The van der Waals surface area contributed by atoms with E-state index in [0.717, 1.165) is 0 Å². The van der Waals surface area contributed by atoms with Gasteiger partial charge in [-0.25, -0.2) is 4.39 Å². The van der Waals surface area contributed by atoms with Gasteiger partial charge in [0.15, 0.2) is 5.82 Å². The summed E-state index contributed by atoms with van der Waals surface area (Å²) in [7, 11) is 0. The normalized spacial score (nSPS) is 10.8. The maximum absolute atomic E-state index is 13.4. The molecule has 0 amide bonds. The van der Waals surface area contributed by atoms with E-state index in [4.69, 9.17) is 28.9 Å². The highest BCUT2D eigenvalue weighted by Gasteiger charge is 2.10. The van der Waals surface area contributed by atoms with Crippen LogP contribution in [-0.4, -0.2) is 4.98 Å². The first kappa shape index (κ1) is 9.49. The number of anilines is 1. The third-order valence-electron chi connectivity index (χ3n) is 1.89. The van der Waals surface area contributed by atoms with E-state index >= 15 is 0 Å². The average molecular weight is 231 g/mol. The zero-order chi connectivity index (χ0) is 10.3. The summed E-state index contributed by atoms with van der Waals surface area (Å²) in [6, 6.07) is 3.01. The standard InChI is InChI=1S/C9H5Cl2FN2/c10-5-2-1-4-7(11)6(13)3-14-9(4)8(5)12/h1-3H,13H2. The first-order valence-corrected chi connectivity index (χ1v) is 4.54. The monoisotopic (exact) mass is 230 g/mol. The van der Waals surface area contributed by atoms with Crippen LogP contribution in [0.2, 0.25) is 10.0 Å². The molecule has 0 bridgehead atoms. The minimum atomic E-state index is -0.578. The topological polar surface area (TPSA) is 38.9 Å². The van der Waals surface area contributed by atoms with Gasteiger partial charge in [-0.15, -0.1) is 0 Å². The number of hydrogen-bond donors (Lipinski definition) is 1. The van der Waals surface area contributed by atoms with Crippen molar-refractivity contribution in [1.29, 1.82) is 0 Å². The van der Waals surface area contributed by atoms with Gasteiger partial charge in [0.05, 0.1) is 21.9 Å². The third-order valence-corrected chi connectivity index (χ3v) is 2.61. The van der Waals surface area contributed by atoms with Gasteiger partial charge < -0.3 is 5.73 Å². The molecule has 72 valence electrons. The number of aromatic nitrogens is 1. The number of nitrogen functional groups attached to an aromatic ring is 1. The summed E-state index contributed by atoms with van der Waals surface area (Å²) in [5.41, 5.74) is 5.98. The minimum Gasteiger partial charge on any atom is -0.396 e. The van der Waals surface area contributed by atoms with Crippen molar-refractivity contribution < 1.29 is 4.39 Å². The fourth-order valence-corrected chi connectivity index (χ4v) is 1.54. The summed E-state index contributed by atoms with van der Waals surface area (Å²) in [4.78, 5) is 3.83. The van der Waals surface area contributed by atoms with E-state index in [1.165, 1.54) is 12.3 Å². The molecule has 0 radical (unpaired) electrons. The van der Waals surface area contributed by atoms with E-state index < -0.39 is 5.82 Å². The first-order chi connectivity index (χ1) is 6.61. The predicted molar refractivity (Wildman–Crippen MR) is 56.1 cm³/mol. The lowest BCUT2D eigenvalue weighted by Gasteiger charge is -2.04. The lowest BCUT2D eigenvalue weighted by molar-refractivity contribution is 0.637. The average Bonchev–Trinajstić information content (AvgIpc) is 2.17. The number of nitrogens with two attached hydrogens (primary N) is 1. The van der Waals surface area contributed by atoms with Crippen LogP contribution in [0.4, 0.5) is 10.1 Å². The van der Waals surface area contributed by atoms with Crippen LogP contribution in [0.1, 0.15) is 0 Å². The van der Waals surface area contributed by atoms with Crippen molar-refractivity contribution in [2.45, 2.75) is 0 Å². The van der Waals surface area contributed by atoms with Crippen LogP contribution < -0.4 is 5.73 Å². The number of hydrogen-bond acceptors (Lipinski definition) is 2. The summed E-state index contributed by atoms with van der Waals surface area (Å²) < 4.78 is 13.4. The Labute approximate surface area is 89.4 Å². The molecular weight excluding hydrogens is 226 g/mol. The van der Waals surface area contributed by atoms with Crippen molar-refractivity contribution in [3.63, 3.8) is 0 Å². The van der Waals surface area contributed by atoms with Crippen LogP contribution in [0.3, 0.4) is 0 Å². The van der Waals surface area contributed by atoms with Gasteiger partial charge in [0, 0.05) is 5.39 Å². The highest BCUT2D eigenvalue weighted by molar-refractivity contribution is 6.38. The molecule has 0 saturated carbocycles. The van der Waals surface area contributed by atoms with Gasteiger partial charge in [0.1, 0.15) is 5.52 Å². The Bertz CT molecular complexity index is 466. The molecule has 1 aromatic carbocycles. The molecule has 2 nitrogen and oxygen atoms in total. The van der Waals surface area contributed by atoms with Crippen LogP contribution in [-0.2, 0) is 0 Å². The fraction of sp³-hybridized carbons (Fsp3) is 0. The highest BCUT2D eigenvalue weighted by Crippen LogP contribution is 2.31. The molecule has 0 aliphatic heterocycles. The summed E-state index contributed by atoms with van der Waals surface area (Å²) in [6.45, 7) is 0. The number of rotatable bonds is 0. The second-order valence-corrected chi connectivity index (χ2v) is 3.57. The molecule has 0 fully saturated rings. The Morgan fingerprint density at radius 2 is 2.00 bits per heavy atom. The molecule has 0 saturated heterocycles. The molecule has 1 aromatic heterocycles. The number of fused-ring (bicyclic) bond motifs is 1. The molecule has 0 unspecified atom stereocenters. The van der Waals surface area contributed by atoms with Crippen molar-refractivity contribution in [1.82, 2.24) is 4.98 Å². The Hall–Kier alpha value is -1.06. The van der Waals surface area contributed by atoms with Gasteiger partial charge in [-0.3, -0.25) is 4.98 Å². The maximum atomic E-state index is 13.4. The highest BCUT2D eigenvalue weighted by atomic mass is 35.5. The summed E-state index contributed by atoms with van der Waals surface area (Å²) in [6.07, 6.45) is 1.31. The predicted octanol–water partition coefficient (Wildman–Crippen LogP) is 3.26. The second kappa shape index (κ2) is 3.26. The van der Waals surface area contributed by atoms with E-state index in [0.29, 0.717) is 16.1 Å². The van der Waals surface area contributed by atoms with E-state index in [1.807, 2.05) is 0 Å². The Kier molecular flexibility index (Phi) is 2.21. The Morgan fingerprint density at radius 1 is 1.29 bits per heavy atom. The maximum Gasteiger partial charge on any atom is 0.168 e. The largest absolute Gasteiger partial charge is 0.396 e. The SMILES string of the molecule is Nc1cnc2c(F)c(Cl)ccc2c1Cl. The molecule has 2 rings (SSSR count). The summed E-state index contributed by atoms with van der Waals surface area (Å²) >= 11 is 11.5. The third kappa shape index (κ3) is 1.29. The molecule has 5 heteroatoms. The van der Waals surface area contributed by atoms with Crippen LogP contribution >= 0.6 is 23.2 Å². The van der Waals surface area contributed by atoms with E-state index in [9.17, 15) is 4.39 Å². The van der Waals surface area contributed by atoms with Gasteiger partial charge in [-0.1, -0.05) is 23.2 Å². The number of halogens is 3. The van der Waals surface area contributed by atoms with Crippen LogP contribution in [0.25, 0.3) is 10.9 Å².